The molecule has 16 heavy (non-hydrogen) atoms. The minimum Gasteiger partial charge on any atom is -0.385 e. The molecular formula is C13H20O2S. The minimum atomic E-state index is -0.429. The Kier molecular flexibility index (Phi) is 4.38. The molecule has 0 aliphatic heterocycles. The fourth-order valence-corrected chi connectivity index (χ4v) is 3.33. The van der Waals surface area contributed by atoms with Gasteiger partial charge < -0.3 is 9.84 Å². The average Bonchev–Trinajstić information content (AvgIpc) is 2.73. The summed E-state index contributed by atoms with van der Waals surface area (Å²) in [6.45, 7) is 3.26. The van der Waals surface area contributed by atoms with Crippen LogP contribution in [0.15, 0.2) is 6.07 Å². The first-order valence-corrected chi connectivity index (χ1v) is 7.00. The van der Waals surface area contributed by atoms with E-state index in [-0.39, 0.29) is 0 Å². The van der Waals surface area contributed by atoms with E-state index in [4.69, 9.17) is 4.74 Å². The molecule has 1 atom stereocenters. The normalized spacial score (nSPS) is 17.1. The molecule has 1 aromatic rings. The van der Waals surface area contributed by atoms with Crippen molar-refractivity contribution in [2.45, 2.75) is 45.1 Å². The molecule has 3 heteroatoms. The van der Waals surface area contributed by atoms with Gasteiger partial charge in [-0.15, -0.1) is 11.3 Å². The Morgan fingerprint density at radius 1 is 1.44 bits per heavy atom. The molecule has 1 aliphatic rings. The highest BCUT2D eigenvalue weighted by atomic mass is 32.1. The molecule has 0 fully saturated rings. The zero-order valence-corrected chi connectivity index (χ0v) is 10.7. The smallest absolute Gasteiger partial charge is 0.111 e. The Morgan fingerprint density at radius 3 is 3.00 bits per heavy atom. The summed E-state index contributed by atoms with van der Waals surface area (Å²) in [6.07, 6.45) is 5.56. The zero-order valence-electron chi connectivity index (χ0n) is 9.87. The monoisotopic (exact) mass is 240 g/mol. The average molecular weight is 240 g/mol. The predicted octanol–water partition coefficient (Wildman–Crippen LogP) is 3.09. The van der Waals surface area contributed by atoms with Crippen LogP contribution in [-0.4, -0.2) is 18.3 Å². The number of hydrogen-bond acceptors (Lipinski definition) is 3. The van der Waals surface area contributed by atoms with Crippen LogP contribution >= 0.6 is 11.3 Å². The van der Waals surface area contributed by atoms with Gasteiger partial charge in [-0.25, -0.2) is 0 Å². The molecule has 0 amide bonds. The first kappa shape index (κ1) is 12.1. The fourth-order valence-electron chi connectivity index (χ4n) is 2.10. The lowest BCUT2D eigenvalue weighted by molar-refractivity contribution is 0.0381. The van der Waals surface area contributed by atoms with Crippen molar-refractivity contribution in [2.75, 3.05) is 13.2 Å². The molecule has 1 heterocycles. The van der Waals surface area contributed by atoms with Gasteiger partial charge in [0.1, 0.15) is 6.10 Å². The maximum absolute atomic E-state index is 9.98. The van der Waals surface area contributed by atoms with Gasteiger partial charge in [0, 0.05) is 16.4 Å². The summed E-state index contributed by atoms with van der Waals surface area (Å²) in [4.78, 5) is 2.57. The van der Waals surface area contributed by atoms with Crippen LogP contribution in [0.25, 0.3) is 0 Å². The van der Waals surface area contributed by atoms with E-state index in [2.05, 4.69) is 13.0 Å². The summed E-state index contributed by atoms with van der Waals surface area (Å²) < 4.78 is 5.39. The van der Waals surface area contributed by atoms with E-state index in [0.717, 1.165) is 17.9 Å². The fraction of sp³-hybridized carbons (Fsp3) is 0.692. The quantitative estimate of drug-likeness (QED) is 0.801. The summed E-state index contributed by atoms with van der Waals surface area (Å²) in [7, 11) is 0. The van der Waals surface area contributed by atoms with Crippen LogP contribution in [-0.2, 0) is 17.6 Å². The molecule has 0 saturated carbocycles. The van der Waals surface area contributed by atoms with Crippen molar-refractivity contribution in [3.8, 4) is 0 Å². The van der Waals surface area contributed by atoms with Crippen molar-refractivity contribution in [3.05, 3.63) is 21.4 Å². The van der Waals surface area contributed by atoms with Crippen molar-refractivity contribution in [1.82, 2.24) is 0 Å². The molecule has 0 bridgehead atoms. The Hall–Kier alpha value is -0.380. The number of thiophene rings is 1. The molecule has 2 rings (SSSR count). The van der Waals surface area contributed by atoms with Crippen LogP contribution < -0.4 is 0 Å². The SMILES string of the molecule is CCCOCC(O)c1cc2c(s1)CCCC2. The molecule has 1 aromatic heterocycles. The van der Waals surface area contributed by atoms with Gasteiger partial charge in [0.25, 0.3) is 0 Å². The van der Waals surface area contributed by atoms with Crippen molar-refractivity contribution in [3.63, 3.8) is 0 Å². The van der Waals surface area contributed by atoms with Gasteiger partial charge in [-0.05, 0) is 43.7 Å². The van der Waals surface area contributed by atoms with Gasteiger partial charge in [-0.3, -0.25) is 0 Å². The molecule has 0 radical (unpaired) electrons. The standard InChI is InChI=1S/C13H20O2S/c1-2-7-15-9-11(14)13-8-10-5-3-4-6-12(10)16-13/h8,11,14H,2-7,9H2,1H3. The van der Waals surface area contributed by atoms with Crippen LogP contribution in [0.2, 0.25) is 0 Å². The van der Waals surface area contributed by atoms with Crippen LogP contribution in [0, 0.1) is 0 Å². The molecule has 1 unspecified atom stereocenters. The van der Waals surface area contributed by atoms with E-state index in [0.29, 0.717) is 6.61 Å². The van der Waals surface area contributed by atoms with E-state index >= 15 is 0 Å². The Balaban J connectivity index is 1.95. The third kappa shape index (κ3) is 2.84. The molecule has 1 N–H and O–H groups in total. The van der Waals surface area contributed by atoms with E-state index in [1.807, 2.05) is 0 Å². The highest BCUT2D eigenvalue weighted by Crippen LogP contribution is 2.32. The van der Waals surface area contributed by atoms with Crippen LogP contribution in [0.5, 0.6) is 0 Å². The number of aliphatic hydroxyl groups is 1. The number of hydrogen-bond donors (Lipinski definition) is 1. The maximum Gasteiger partial charge on any atom is 0.111 e. The third-order valence-corrected chi connectivity index (χ3v) is 4.31. The van der Waals surface area contributed by atoms with Gasteiger partial charge in [0.15, 0.2) is 0 Å². The van der Waals surface area contributed by atoms with Gasteiger partial charge in [-0.1, -0.05) is 6.92 Å². The number of aliphatic hydroxyl groups excluding tert-OH is 1. The molecule has 0 aromatic carbocycles. The summed E-state index contributed by atoms with van der Waals surface area (Å²) in [6, 6.07) is 2.18. The second-order valence-corrected chi connectivity index (χ2v) is 5.56. The Morgan fingerprint density at radius 2 is 2.25 bits per heavy atom. The highest BCUT2D eigenvalue weighted by Gasteiger charge is 2.17. The van der Waals surface area contributed by atoms with Crippen molar-refractivity contribution < 1.29 is 9.84 Å². The Bertz CT molecular complexity index is 309. The molecule has 1 aliphatic carbocycles. The lowest BCUT2D eigenvalue weighted by atomic mass is 9.99. The molecule has 90 valence electrons. The predicted molar refractivity (Wildman–Crippen MR) is 67.0 cm³/mol. The second-order valence-electron chi connectivity index (χ2n) is 4.40. The van der Waals surface area contributed by atoms with Gasteiger partial charge in [0.2, 0.25) is 0 Å². The van der Waals surface area contributed by atoms with E-state index in [9.17, 15) is 5.11 Å². The van der Waals surface area contributed by atoms with E-state index in [1.54, 1.807) is 11.3 Å². The van der Waals surface area contributed by atoms with Gasteiger partial charge in [0.05, 0.1) is 6.61 Å². The van der Waals surface area contributed by atoms with E-state index < -0.39 is 6.10 Å². The molecule has 0 saturated heterocycles. The third-order valence-electron chi connectivity index (χ3n) is 2.97. The molecular weight excluding hydrogens is 220 g/mol. The topological polar surface area (TPSA) is 29.5 Å². The summed E-state index contributed by atoms with van der Waals surface area (Å²) in [5, 5.41) is 9.98. The number of aryl methyl sites for hydroxylation is 2. The molecule has 2 nitrogen and oxygen atoms in total. The maximum atomic E-state index is 9.98. The highest BCUT2D eigenvalue weighted by molar-refractivity contribution is 7.12. The van der Waals surface area contributed by atoms with Crippen molar-refractivity contribution in [2.24, 2.45) is 0 Å². The number of fused-ring (bicyclic) bond motifs is 1. The lowest BCUT2D eigenvalue weighted by Gasteiger charge is -2.08. The van der Waals surface area contributed by atoms with Crippen molar-refractivity contribution in [1.29, 1.82) is 0 Å². The zero-order chi connectivity index (χ0) is 11.4. The Labute approximate surface area is 101 Å². The first-order valence-electron chi connectivity index (χ1n) is 6.18. The second kappa shape index (κ2) is 5.80. The number of ether oxygens (including phenoxy) is 1. The summed E-state index contributed by atoms with van der Waals surface area (Å²) >= 11 is 1.77. The molecule has 0 spiro atoms. The number of rotatable bonds is 5. The van der Waals surface area contributed by atoms with Crippen LogP contribution in [0.3, 0.4) is 0 Å². The summed E-state index contributed by atoms with van der Waals surface area (Å²) in [5.41, 5.74) is 1.46. The largest absolute Gasteiger partial charge is 0.385 e. The van der Waals surface area contributed by atoms with Crippen LogP contribution in [0.4, 0.5) is 0 Å². The van der Waals surface area contributed by atoms with Gasteiger partial charge in [-0.2, -0.15) is 0 Å². The van der Waals surface area contributed by atoms with Gasteiger partial charge >= 0.3 is 0 Å². The minimum absolute atomic E-state index is 0.429. The summed E-state index contributed by atoms with van der Waals surface area (Å²) in [5.74, 6) is 0. The van der Waals surface area contributed by atoms with Crippen LogP contribution in [0.1, 0.15) is 47.6 Å². The lowest BCUT2D eigenvalue weighted by Crippen LogP contribution is -2.06. The van der Waals surface area contributed by atoms with Crippen molar-refractivity contribution >= 4 is 11.3 Å². The first-order chi connectivity index (χ1) is 7.81. The van der Waals surface area contributed by atoms with E-state index in [1.165, 1.54) is 36.1 Å².